The van der Waals surface area contributed by atoms with Crippen molar-refractivity contribution in [2.75, 3.05) is 12.3 Å². The van der Waals surface area contributed by atoms with Crippen LogP contribution in [0.25, 0.3) is 0 Å². The number of nitrogens with one attached hydrogen (secondary N) is 2. The van der Waals surface area contributed by atoms with Crippen LogP contribution in [0.15, 0.2) is 24.3 Å². The molecule has 3 atom stereocenters. The van der Waals surface area contributed by atoms with Crippen molar-refractivity contribution in [3.8, 4) is 0 Å². The highest BCUT2D eigenvalue weighted by atomic mass is 32.2. The Morgan fingerprint density at radius 3 is 2.96 bits per heavy atom. The monoisotopic (exact) mass is 340 g/mol. The number of carbonyl (C=O) groups excluding carboxylic acids is 1. The third-order valence-electron chi connectivity index (χ3n) is 4.08. The van der Waals surface area contributed by atoms with Crippen molar-refractivity contribution in [1.82, 2.24) is 10.6 Å². The number of rotatable bonds is 6. The van der Waals surface area contributed by atoms with Gasteiger partial charge in [-0.1, -0.05) is 31.5 Å². The van der Waals surface area contributed by atoms with E-state index < -0.39 is 11.9 Å². The molecule has 0 aliphatic heterocycles. The topological polar surface area (TPSA) is 61.4 Å². The van der Waals surface area contributed by atoms with Gasteiger partial charge in [-0.3, -0.25) is 0 Å². The fourth-order valence-electron chi connectivity index (χ4n) is 2.94. The van der Waals surface area contributed by atoms with Crippen LogP contribution in [-0.4, -0.2) is 34.7 Å². The van der Waals surface area contributed by atoms with Crippen LogP contribution in [0.4, 0.5) is 9.18 Å². The molecule has 0 bridgehead atoms. The summed E-state index contributed by atoms with van der Waals surface area (Å²) < 4.78 is 13.6. The Morgan fingerprint density at radius 2 is 2.22 bits per heavy atom. The molecule has 1 aliphatic rings. The van der Waals surface area contributed by atoms with E-state index in [4.69, 9.17) is 0 Å². The largest absolute Gasteiger partial charge is 0.386 e. The highest BCUT2D eigenvalue weighted by Crippen LogP contribution is 2.28. The standard InChI is InChI=1S/C17H25FN2O2S/c1-2-23-13-7-5-6-12(10-13)20-17(22)19-11-16(21)14-8-3-4-9-15(14)18/h3-4,8-9,12-13,16,21H,2,5-7,10-11H2,1H3,(H2,19,20,22). The summed E-state index contributed by atoms with van der Waals surface area (Å²) in [5.74, 6) is 0.632. The second-order valence-electron chi connectivity index (χ2n) is 5.83. The van der Waals surface area contributed by atoms with Crippen LogP contribution in [0.5, 0.6) is 0 Å². The maximum atomic E-state index is 13.6. The minimum absolute atomic E-state index is 0.00732. The first kappa shape index (κ1) is 18.1. The van der Waals surface area contributed by atoms with E-state index in [1.807, 2.05) is 11.8 Å². The van der Waals surface area contributed by atoms with Crippen molar-refractivity contribution in [3.63, 3.8) is 0 Å². The molecule has 6 heteroatoms. The maximum absolute atomic E-state index is 13.6. The maximum Gasteiger partial charge on any atom is 0.315 e. The lowest BCUT2D eigenvalue weighted by molar-refractivity contribution is 0.168. The first-order valence-corrected chi connectivity index (χ1v) is 9.23. The summed E-state index contributed by atoms with van der Waals surface area (Å²) in [4.78, 5) is 12.0. The van der Waals surface area contributed by atoms with Crippen LogP contribution in [0.1, 0.15) is 44.3 Å². The fourth-order valence-corrected chi connectivity index (χ4v) is 4.12. The predicted octanol–water partition coefficient (Wildman–Crippen LogP) is 3.22. The smallest absolute Gasteiger partial charge is 0.315 e. The molecule has 0 saturated heterocycles. The summed E-state index contributed by atoms with van der Waals surface area (Å²) in [6.45, 7) is 2.14. The number of thioether (sulfide) groups is 1. The molecular formula is C17H25FN2O2S. The van der Waals surface area contributed by atoms with Gasteiger partial charge in [-0.25, -0.2) is 9.18 Å². The van der Waals surface area contributed by atoms with Gasteiger partial charge in [0.15, 0.2) is 0 Å². The number of carbonyl (C=O) groups is 1. The summed E-state index contributed by atoms with van der Waals surface area (Å²) in [6, 6.07) is 5.93. The van der Waals surface area contributed by atoms with E-state index in [-0.39, 0.29) is 24.2 Å². The third kappa shape index (κ3) is 5.70. The molecular weight excluding hydrogens is 315 g/mol. The van der Waals surface area contributed by atoms with Gasteiger partial charge in [-0.05, 0) is 31.1 Å². The number of aliphatic hydroxyl groups is 1. The first-order chi connectivity index (χ1) is 11.1. The Bertz CT molecular complexity index is 513. The average Bonchev–Trinajstić information content (AvgIpc) is 2.54. The zero-order valence-electron chi connectivity index (χ0n) is 13.4. The van der Waals surface area contributed by atoms with E-state index in [9.17, 15) is 14.3 Å². The lowest BCUT2D eigenvalue weighted by Crippen LogP contribution is -2.45. The molecule has 4 nitrogen and oxygen atoms in total. The zero-order chi connectivity index (χ0) is 16.7. The van der Waals surface area contributed by atoms with Crippen LogP contribution in [0, 0.1) is 5.82 Å². The highest BCUT2D eigenvalue weighted by Gasteiger charge is 2.23. The van der Waals surface area contributed by atoms with Crippen molar-refractivity contribution in [2.24, 2.45) is 0 Å². The van der Waals surface area contributed by atoms with Crippen molar-refractivity contribution in [1.29, 1.82) is 0 Å². The Hall–Kier alpha value is -1.27. The van der Waals surface area contributed by atoms with E-state index in [1.165, 1.54) is 18.6 Å². The lowest BCUT2D eigenvalue weighted by atomic mass is 9.95. The van der Waals surface area contributed by atoms with Gasteiger partial charge in [-0.2, -0.15) is 11.8 Å². The van der Waals surface area contributed by atoms with Crippen molar-refractivity contribution >= 4 is 17.8 Å². The van der Waals surface area contributed by atoms with Gasteiger partial charge >= 0.3 is 6.03 Å². The summed E-state index contributed by atoms with van der Waals surface area (Å²) in [6.07, 6.45) is 3.27. The number of aliphatic hydroxyl groups excluding tert-OH is 1. The highest BCUT2D eigenvalue weighted by molar-refractivity contribution is 7.99. The van der Waals surface area contributed by atoms with Gasteiger partial charge in [0.1, 0.15) is 5.82 Å². The molecule has 0 heterocycles. The lowest BCUT2D eigenvalue weighted by Gasteiger charge is -2.29. The Balaban J connectivity index is 1.75. The van der Waals surface area contributed by atoms with Crippen LogP contribution in [0.3, 0.4) is 0 Å². The predicted molar refractivity (Wildman–Crippen MR) is 92.1 cm³/mol. The van der Waals surface area contributed by atoms with Gasteiger partial charge in [0, 0.05) is 23.4 Å². The van der Waals surface area contributed by atoms with E-state index in [0.717, 1.165) is 25.0 Å². The SMILES string of the molecule is CCSC1CCCC(NC(=O)NCC(O)c2ccccc2F)C1. The normalized spacial score (nSPS) is 22.4. The van der Waals surface area contributed by atoms with Gasteiger partial charge in [-0.15, -0.1) is 0 Å². The Kier molecular flexibility index (Phi) is 7.17. The van der Waals surface area contributed by atoms with E-state index in [2.05, 4.69) is 17.6 Å². The van der Waals surface area contributed by atoms with Crippen molar-refractivity contribution in [2.45, 2.75) is 50.0 Å². The van der Waals surface area contributed by atoms with Crippen LogP contribution in [0.2, 0.25) is 0 Å². The van der Waals surface area contributed by atoms with Gasteiger partial charge < -0.3 is 15.7 Å². The molecule has 1 aromatic rings. The fraction of sp³-hybridized carbons (Fsp3) is 0.588. The van der Waals surface area contributed by atoms with Crippen molar-refractivity contribution in [3.05, 3.63) is 35.6 Å². The summed E-state index contributed by atoms with van der Waals surface area (Å²) in [5, 5.41) is 16.2. The van der Waals surface area contributed by atoms with Gasteiger partial charge in [0.05, 0.1) is 6.10 Å². The molecule has 1 aliphatic carbocycles. The second-order valence-corrected chi connectivity index (χ2v) is 7.41. The van der Waals surface area contributed by atoms with Crippen LogP contribution in [-0.2, 0) is 0 Å². The number of amides is 2. The molecule has 0 aromatic heterocycles. The number of benzene rings is 1. The Labute approximate surface area is 141 Å². The van der Waals surface area contributed by atoms with Gasteiger partial charge in [0.2, 0.25) is 0 Å². The average molecular weight is 340 g/mol. The number of hydrogen-bond acceptors (Lipinski definition) is 3. The van der Waals surface area contributed by atoms with Crippen molar-refractivity contribution < 1.29 is 14.3 Å². The van der Waals surface area contributed by atoms with Gasteiger partial charge in [0.25, 0.3) is 0 Å². The van der Waals surface area contributed by atoms with E-state index in [1.54, 1.807) is 12.1 Å². The molecule has 3 unspecified atom stereocenters. The molecule has 1 saturated carbocycles. The summed E-state index contributed by atoms with van der Waals surface area (Å²) >= 11 is 1.95. The van der Waals surface area contributed by atoms with E-state index >= 15 is 0 Å². The van der Waals surface area contributed by atoms with Crippen LogP contribution >= 0.6 is 11.8 Å². The number of urea groups is 1. The molecule has 128 valence electrons. The molecule has 0 radical (unpaired) electrons. The molecule has 23 heavy (non-hydrogen) atoms. The Morgan fingerprint density at radius 1 is 1.43 bits per heavy atom. The molecule has 0 spiro atoms. The molecule has 1 fully saturated rings. The molecule has 1 aromatic carbocycles. The number of hydrogen-bond donors (Lipinski definition) is 3. The minimum atomic E-state index is -1.04. The summed E-state index contributed by atoms with van der Waals surface area (Å²) in [7, 11) is 0. The minimum Gasteiger partial charge on any atom is -0.386 e. The summed E-state index contributed by atoms with van der Waals surface area (Å²) in [5.41, 5.74) is 0.199. The molecule has 2 rings (SSSR count). The first-order valence-electron chi connectivity index (χ1n) is 8.18. The van der Waals surface area contributed by atoms with Crippen LogP contribution < -0.4 is 10.6 Å². The quantitative estimate of drug-likeness (QED) is 0.745. The number of halogens is 1. The molecule has 3 N–H and O–H groups in total. The second kappa shape index (κ2) is 9.13. The molecule has 2 amide bonds. The zero-order valence-corrected chi connectivity index (χ0v) is 14.2. The third-order valence-corrected chi connectivity index (χ3v) is 5.32. The van der Waals surface area contributed by atoms with E-state index in [0.29, 0.717) is 5.25 Å².